The Kier molecular flexibility index (Phi) is 6.04. The van der Waals surface area contributed by atoms with Crippen LogP contribution < -0.4 is 10.1 Å². The molecule has 3 rings (SSSR count). The van der Waals surface area contributed by atoms with Crippen LogP contribution in [0.1, 0.15) is 42.6 Å². The van der Waals surface area contributed by atoms with Crippen molar-refractivity contribution in [2.45, 2.75) is 39.5 Å². The zero-order chi connectivity index (χ0) is 23.0. The molecule has 0 aliphatic carbocycles. The first-order valence-corrected chi connectivity index (χ1v) is 9.65. The van der Waals surface area contributed by atoms with Crippen molar-refractivity contribution >= 4 is 23.2 Å². The number of amides is 1. The maximum Gasteiger partial charge on any atom is 0.573 e. The summed E-state index contributed by atoms with van der Waals surface area (Å²) in [6.45, 7) is 7.39. The number of alkyl halides is 3. The van der Waals surface area contributed by atoms with E-state index >= 15 is 0 Å². The Morgan fingerprint density at radius 3 is 2.45 bits per heavy atom. The highest BCUT2D eigenvalue weighted by Gasteiger charge is 2.31. The fraction of sp³-hybridized carbons (Fsp3) is 0.273. The molecule has 0 radical (unpaired) electrons. The van der Waals surface area contributed by atoms with Crippen molar-refractivity contribution in [3.63, 3.8) is 0 Å². The van der Waals surface area contributed by atoms with Gasteiger partial charge in [0.1, 0.15) is 17.7 Å². The summed E-state index contributed by atoms with van der Waals surface area (Å²) < 4.78 is 46.7. The SMILES string of the molecule is Cc1cc(OC(F)(F)F)ccc1NC(=O)c1cccc(Cl)c1-c1coc(C(C)(C)C)n1. The van der Waals surface area contributed by atoms with E-state index in [9.17, 15) is 18.0 Å². The van der Waals surface area contributed by atoms with Gasteiger partial charge >= 0.3 is 6.36 Å². The molecule has 0 saturated heterocycles. The Bertz CT molecular complexity index is 1120. The summed E-state index contributed by atoms with van der Waals surface area (Å²) in [5, 5.41) is 3.01. The van der Waals surface area contributed by atoms with Gasteiger partial charge in [-0.15, -0.1) is 13.2 Å². The molecule has 0 spiro atoms. The van der Waals surface area contributed by atoms with E-state index in [-0.39, 0.29) is 16.7 Å². The Balaban J connectivity index is 1.91. The van der Waals surface area contributed by atoms with E-state index in [0.29, 0.717) is 33.4 Å². The number of aromatic nitrogens is 1. The molecule has 0 unspecified atom stereocenters. The highest BCUT2D eigenvalue weighted by Crippen LogP contribution is 2.34. The molecular weight excluding hydrogens is 433 g/mol. The van der Waals surface area contributed by atoms with Crippen LogP contribution in [0.15, 0.2) is 47.1 Å². The largest absolute Gasteiger partial charge is 0.573 e. The normalized spacial score (nSPS) is 12.0. The van der Waals surface area contributed by atoms with Crippen LogP contribution in [-0.4, -0.2) is 17.3 Å². The predicted molar refractivity (Wildman–Crippen MR) is 111 cm³/mol. The summed E-state index contributed by atoms with van der Waals surface area (Å²) in [5.74, 6) is -0.376. The maximum absolute atomic E-state index is 13.0. The van der Waals surface area contributed by atoms with Crippen LogP contribution in [0.2, 0.25) is 5.02 Å². The monoisotopic (exact) mass is 452 g/mol. The molecule has 164 valence electrons. The van der Waals surface area contributed by atoms with Crippen molar-refractivity contribution in [3.8, 4) is 17.0 Å². The van der Waals surface area contributed by atoms with Crippen LogP contribution >= 0.6 is 11.6 Å². The van der Waals surface area contributed by atoms with E-state index in [1.54, 1.807) is 25.1 Å². The summed E-state index contributed by atoms with van der Waals surface area (Å²) in [4.78, 5) is 17.5. The number of hydrogen-bond donors (Lipinski definition) is 1. The number of carbonyl (C=O) groups is 1. The van der Waals surface area contributed by atoms with Gasteiger partial charge in [-0.05, 0) is 42.8 Å². The molecule has 0 atom stereocenters. The zero-order valence-corrected chi connectivity index (χ0v) is 18.0. The van der Waals surface area contributed by atoms with Gasteiger partial charge in [0.2, 0.25) is 0 Å². The van der Waals surface area contributed by atoms with E-state index in [0.717, 1.165) is 6.07 Å². The van der Waals surface area contributed by atoms with Crippen molar-refractivity contribution in [1.82, 2.24) is 4.98 Å². The first-order valence-electron chi connectivity index (χ1n) is 9.28. The third-order valence-electron chi connectivity index (χ3n) is 4.34. The van der Waals surface area contributed by atoms with Gasteiger partial charge in [-0.2, -0.15) is 0 Å². The molecule has 9 heteroatoms. The lowest BCUT2D eigenvalue weighted by Gasteiger charge is -2.14. The van der Waals surface area contributed by atoms with Gasteiger partial charge in [-0.1, -0.05) is 38.4 Å². The van der Waals surface area contributed by atoms with Gasteiger partial charge in [-0.3, -0.25) is 4.79 Å². The molecule has 1 N–H and O–H groups in total. The van der Waals surface area contributed by atoms with Gasteiger partial charge in [0, 0.05) is 16.7 Å². The lowest BCUT2D eigenvalue weighted by molar-refractivity contribution is -0.274. The van der Waals surface area contributed by atoms with Crippen molar-refractivity contribution in [3.05, 3.63) is 64.7 Å². The molecule has 2 aromatic carbocycles. The van der Waals surface area contributed by atoms with E-state index in [2.05, 4.69) is 15.0 Å². The van der Waals surface area contributed by atoms with Crippen molar-refractivity contribution in [1.29, 1.82) is 0 Å². The smallest absolute Gasteiger partial charge is 0.448 e. The van der Waals surface area contributed by atoms with Crippen LogP contribution in [0.25, 0.3) is 11.3 Å². The fourth-order valence-electron chi connectivity index (χ4n) is 2.87. The predicted octanol–water partition coefficient (Wildman–Crippen LogP) is 6.75. The standard InChI is InChI=1S/C22H20ClF3N2O3/c1-12-10-13(31-22(24,25)26)8-9-16(12)27-19(29)14-6-5-7-15(23)18(14)17-11-30-20(28-17)21(2,3)4/h5-11H,1-4H3,(H,27,29). The summed E-state index contributed by atoms with van der Waals surface area (Å²) in [5.41, 5.74) is 1.45. The van der Waals surface area contributed by atoms with Gasteiger partial charge < -0.3 is 14.5 Å². The molecule has 0 fully saturated rings. The topological polar surface area (TPSA) is 64.4 Å². The number of carbonyl (C=O) groups excluding carboxylic acids is 1. The minimum Gasteiger partial charge on any atom is -0.448 e. The average molecular weight is 453 g/mol. The van der Waals surface area contributed by atoms with Crippen LogP contribution in [0, 0.1) is 6.92 Å². The molecule has 1 heterocycles. The number of benzene rings is 2. The third kappa shape index (κ3) is 5.38. The number of nitrogens with zero attached hydrogens (tertiary/aromatic N) is 1. The van der Waals surface area contributed by atoms with E-state index in [4.69, 9.17) is 16.0 Å². The quantitative estimate of drug-likeness (QED) is 0.475. The van der Waals surface area contributed by atoms with Crippen LogP contribution in [0.3, 0.4) is 0 Å². The zero-order valence-electron chi connectivity index (χ0n) is 17.2. The van der Waals surface area contributed by atoms with Gasteiger partial charge in [-0.25, -0.2) is 4.98 Å². The molecule has 0 aliphatic heterocycles. The van der Waals surface area contributed by atoms with E-state index in [1.807, 2.05) is 20.8 Å². The first-order chi connectivity index (χ1) is 14.3. The Morgan fingerprint density at radius 2 is 1.87 bits per heavy atom. The van der Waals surface area contributed by atoms with Crippen LogP contribution in [0.4, 0.5) is 18.9 Å². The number of hydrogen-bond acceptors (Lipinski definition) is 4. The van der Waals surface area contributed by atoms with Gasteiger partial charge in [0.25, 0.3) is 5.91 Å². The molecular formula is C22H20ClF3N2O3. The average Bonchev–Trinajstić information content (AvgIpc) is 3.12. The van der Waals surface area contributed by atoms with Gasteiger partial charge in [0.05, 0.1) is 10.6 Å². The summed E-state index contributed by atoms with van der Waals surface area (Å²) in [6, 6.07) is 8.49. The minimum absolute atomic E-state index is 0.247. The molecule has 0 aliphatic rings. The van der Waals surface area contributed by atoms with E-state index in [1.165, 1.54) is 18.4 Å². The Labute approximate surface area is 182 Å². The molecule has 0 bridgehead atoms. The Morgan fingerprint density at radius 1 is 1.16 bits per heavy atom. The number of anilines is 1. The second kappa shape index (κ2) is 8.26. The molecule has 31 heavy (non-hydrogen) atoms. The lowest BCUT2D eigenvalue weighted by atomic mass is 9.97. The number of halogens is 4. The third-order valence-corrected chi connectivity index (χ3v) is 4.65. The molecule has 3 aromatic rings. The number of rotatable bonds is 4. The first kappa shape index (κ1) is 22.7. The molecule has 0 saturated carbocycles. The van der Waals surface area contributed by atoms with E-state index < -0.39 is 12.3 Å². The van der Waals surface area contributed by atoms with Gasteiger partial charge in [0.15, 0.2) is 5.89 Å². The van der Waals surface area contributed by atoms with Crippen molar-refractivity contribution in [2.24, 2.45) is 0 Å². The summed E-state index contributed by atoms with van der Waals surface area (Å²) in [7, 11) is 0. The van der Waals surface area contributed by atoms with Crippen molar-refractivity contribution < 1.29 is 27.1 Å². The molecule has 5 nitrogen and oxygen atoms in total. The van der Waals surface area contributed by atoms with Crippen molar-refractivity contribution in [2.75, 3.05) is 5.32 Å². The minimum atomic E-state index is -4.80. The van der Waals surface area contributed by atoms with Crippen LogP contribution in [0.5, 0.6) is 5.75 Å². The number of nitrogens with one attached hydrogen (secondary N) is 1. The highest BCUT2D eigenvalue weighted by atomic mass is 35.5. The maximum atomic E-state index is 13.0. The second-order valence-corrected chi connectivity index (χ2v) is 8.34. The van der Waals surface area contributed by atoms with Crippen LogP contribution in [-0.2, 0) is 5.41 Å². The number of oxazole rings is 1. The summed E-state index contributed by atoms with van der Waals surface area (Å²) >= 11 is 6.36. The summed E-state index contributed by atoms with van der Waals surface area (Å²) in [6.07, 6.45) is -3.36. The molecule has 1 aromatic heterocycles. The number of ether oxygens (including phenoxy) is 1. The molecule has 1 amide bonds. The second-order valence-electron chi connectivity index (χ2n) is 7.93. The Hall–Kier alpha value is -3.00. The highest BCUT2D eigenvalue weighted by molar-refractivity contribution is 6.34. The fourth-order valence-corrected chi connectivity index (χ4v) is 3.14. The lowest BCUT2D eigenvalue weighted by Crippen LogP contribution is -2.17. The number of aryl methyl sites for hydroxylation is 1.